The number of carbonyl (C=O) groups is 1. The van der Waals surface area contributed by atoms with Crippen LogP contribution in [-0.4, -0.2) is 55.2 Å². The zero-order valence-electron chi connectivity index (χ0n) is 18.4. The van der Waals surface area contributed by atoms with E-state index in [1.54, 1.807) is 0 Å². The number of rotatable bonds is 9. The largest absolute Gasteiger partial charge is 0.494 e. The van der Waals surface area contributed by atoms with Crippen LogP contribution in [0.2, 0.25) is 0 Å². The standard InChI is InChI=1S/C24H33N3O3S/c1-2-29-22(28)24(12-17-30-20-8-4-3-5-9-20)10-15-26(16-11-24)19-21-18-25-23(31-21)27-13-6-7-14-27/h3-5,8-9,18H,2,6-7,10-17,19H2,1H3. The summed E-state index contributed by atoms with van der Waals surface area (Å²) in [6.45, 7) is 7.77. The molecule has 0 atom stereocenters. The number of carbonyl (C=O) groups excluding carboxylic acids is 1. The van der Waals surface area contributed by atoms with Crippen molar-refractivity contribution in [1.82, 2.24) is 9.88 Å². The number of anilines is 1. The smallest absolute Gasteiger partial charge is 0.312 e. The second-order valence-corrected chi connectivity index (χ2v) is 9.59. The van der Waals surface area contributed by atoms with Crippen molar-refractivity contribution in [3.05, 3.63) is 41.4 Å². The molecule has 168 valence electrons. The molecule has 2 aromatic rings. The number of aromatic nitrogens is 1. The average Bonchev–Trinajstić information content (AvgIpc) is 3.48. The molecule has 0 amide bonds. The first kappa shape index (κ1) is 22.1. The molecule has 6 nitrogen and oxygen atoms in total. The molecule has 4 rings (SSSR count). The number of hydrogen-bond acceptors (Lipinski definition) is 7. The number of nitrogens with zero attached hydrogens (tertiary/aromatic N) is 3. The van der Waals surface area contributed by atoms with Gasteiger partial charge in [0.25, 0.3) is 0 Å². The summed E-state index contributed by atoms with van der Waals surface area (Å²) in [6.07, 6.45) is 6.87. The predicted molar refractivity (Wildman–Crippen MR) is 124 cm³/mol. The summed E-state index contributed by atoms with van der Waals surface area (Å²) in [5.74, 6) is 0.776. The Morgan fingerprint density at radius 3 is 2.58 bits per heavy atom. The van der Waals surface area contributed by atoms with Gasteiger partial charge in [-0.3, -0.25) is 9.69 Å². The summed E-state index contributed by atoms with van der Waals surface area (Å²) >= 11 is 1.81. The number of esters is 1. The zero-order chi connectivity index (χ0) is 21.5. The Hall–Kier alpha value is -2.12. The van der Waals surface area contributed by atoms with E-state index >= 15 is 0 Å². The van der Waals surface area contributed by atoms with Crippen LogP contribution >= 0.6 is 11.3 Å². The highest BCUT2D eigenvalue weighted by Gasteiger charge is 2.42. The number of piperidine rings is 1. The van der Waals surface area contributed by atoms with E-state index in [9.17, 15) is 4.79 Å². The predicted octanol–water partition coefficient (Wildman–Crippen LogP) is 4.36. The third-order valence-electron chi connectivity index (χ3n) is 6.41. The van der Waals surface area contributed by atoms with Crippen LogP contribution in [0.25, 0.3) is 0 Å². The third kappa shape index (κ3) is 5.57. The molecule has 2 fully saturated rings. The molecular formula is C24H33N3O3S. The van der Waals surface area contributed by atoms with Crippen LogP contribution in [0, 0.1) is 5.41 Å². The second-order valence-electron chi connectivity index (χ2n) is 8.49. The van der Waals surface area contributed by atoms with Crippen LogP contribution in [0.4, 0.5) is 5.13 Å². The first-order chi connectivity index (χ1) is 15.2. The molecule has 0 unspecified atom stereocenters. The Morgan fingerprint density at radius 1 is 1.13 bits per heavy atom. The van der Waals surface area contributed by atoms with Gasteiger partial charge < -0.3 is 14.4 Å². The highest BCUT2D eigenvalue weighted by Crippen LogP contribution is 2.38. The fraction of sp³-hybridized carbons (Fsp3) is 0.583. The van der Waals surface area contributed by atoms with Gasteiger partial charge in [0.05, 0.1) is 18.6 Å². The molecule has 1 aromatic heterocycles. The minimum absolute atomic E-state index is 0.0691. The maximum atomic E-state index is 12.9. The van der Waals surface area contributed by atoms with E-state index in [-0.39, 0.29) is 5.97 Å². The monoisotopic (exact) mass is 443 g/mol. The Labute approximate surface area is 189 Å². The molecule has 7 heteroatoms. The van der Waals surface area contributed by atoms with Crippen LogP contribution in [0.1, 0.15) is 43.9 Å². The van der Waals surface area contributed by atoms with Gasteiger partial charge in [-0.2, -0.15) is 0 Å². The van der Waals surface area contributed by atoms with Crippen molar-refractivity contribution in [2.75, 3.05) is 44.3 Å². The van der Waals surface area contributed by atoms with Crippen molar-refractivity contribution >= 4 is 22.4 Å². The van der Waals surface area contributed by atoms with Crippen molar-refractivity contribution < 1.29 is 14.3 Å². The fourth-order valence-corrected chi connectivity index (χ4v) is 5.51. The SMILES string of the molecule is CCOC(=O)C1(CCOc2ccccc2)CCN(Cc2cnc(N3CCCC3)s2)CC1. The number of ether oxygens (including phenoxy) is 2. The molecule has 3 heterocycles. The van der Waals surface area contributed by atoms with Crippen molar-refractivity contribution in [3.8, 4) is 5.75 Å². The summed E-state index contributed by atoms with van der Waals surface area (Å²) in [5, 5.41) is 1.16. The average molecular weight is 444 g/mol. The van der Waals surface area contributed by atoms with E-state index in [2.05, 4.69) is 14.8 Å². The van der Waals surface area contributed by atoms with Crippen LogP contribution < -0.4 is 9.64 Å². The van der Waals surface area contributed by atoms with Crippen LogP contribution in [0.3, 0.4) is 0 Å². The van der Waals surface area contributed by atoms with Gasteiger partial charge in [-0.1, -0.05) is 18.2 Å². The van der Waals surface area contributed by atoms with Crippen molar-refractivity contribution in [2.45, 2.75) is 45.6 Å². The second kappa shape index (κ2) is 10.5. The lowest BCUT2D eigenvalue weighted by Crippen LogP contribution is -2.45. The van der Waals surface area contributed by atoms with Gasteiger partial charge in [0, 0.05) is 30.7 Å². The van der Waals surface area contributed by atoms with Crippen LogP contribution in [0.15, 0.2) is 36.5 Å². The van der Waals surface area contributed by atoms with Gasteiger partial charge in [0.2, 0.25) is 0 Å². The molecule has 31 heavy (non-hydrogen) atoms. The van der Waals surface area contributed by atoms with E-state index in [1.807, 2.05) is 54.8 Å². The summed E-state index contributed by atoms with van der Waals surface area (Å²) in [7, 11) is 0. The van der Waals surface area contributed by atoms with Gasteiger partial charge >= 0.3 is 5.97 Å². The van der Waals surface area contributed by atoms with E-state index in [0.717, 1.165) is 56.4 Å². The van der Waals surface area contributed by atoms with E-state index in [4.69, 9.17) is 9.47 Å². The molecular weight excluding hydrogens is 410 g/mol. The molecule has 0 spiro atoms. The van der Waals surface area contributed by atoms with E-state index in [0.29, 0.717) is 19.6 Å². The van der Waals surface area contributed by atoms with E-state index < -0.39 is 5.41 Å². The molecule has 0 aliphatic carbocycles. The maximum Gasteiger partial charge on any atom is 0.312 e. The molecule has 0 N–H and O–H groups in total. The van der Waals surface area contributed by atoms with Crippen molar-refractivity contribution in [1.29, 1.82) is 0 Å². The highest BCUT2D eigenvalue weighted by molar-refractivity contribution is 7.15. The van der Waals surface area contributed by atoms with Crippen molar-refractivity contribution in [2.24, 2.45) is 5.41 Å². The van der Waals surface area contributed by atoms with Gasteiger partial charge in [0.15, 0.2) is 5.13 Å². The Kier molecular flexibility index (Phi) is 7.45. The lowest BCUT2D eigenvalue weighted by molar-refractivity contribution is -0.159. The molecule has 0 saturated carbocycles. The van der Waals surface area contributed by atoms with Gasteiger partial charge in [0.1, 0.15) is 5.75 Å². The quantitative estimate of drug-likeness (QED) is 0.537. The summed E-state index contributed by atoms with van der Waals surface area (Å²) in [6, 6.07) is 9.79. The van der Waals surface area contributed by atoms with E-state index in [1.165, 1.54) is 17.7 Å². The molecule has 2 aliphatic heterocycles. The number of benzene rings is 1. The molecule has 0 bridgehead atoms. The number of hydrogen-bond donors (Lipinski definition) is 0. The first-order valence-electron chi connectivity index (χ1n) is 11.5. The third-order valence-corrected chi connectivity index (χ3v) is 7.45. The Morgan fingerprint density at radius 2 is 1.87 bits per heavy atom. The number of likely N-dealkylation sites (tertiary alicyclic amines) is 1. The molecule has 1 aromatic carbocycles. The Bertz CT molecular complexity index is 828. The summed E-state index contributed by atoms with van der Waals surface area (Å²) in [5.41, 5.74) is -0.449. The lowest BCUT2D eigenvalue weighted by atomic mass is 9.75. The normalized spacial score (nSPS) is 18.8. The van der Waals surface area contributed by atoms with Crippen LogP contribution in [0.5, 0.6) is 5.75 Å². The minimum Gasteiger partial charge on any atom is -0.494 e. The fourth-order valence-electron chi connectivity index (χ4n) is 4.51. The van der Waals surface area contributed by atoms with Crippen molar-refractivity contribution in [3.63, 3.8) is 0 Å². The molecule has 2 aliphatic rings. The molecule has 0 radical (unpaired) electrons. The maximum absolute atomic E-state index is 12.9. The van der Waals surface area contributed by atoms with Gasteiger partial charge in [-0.05, 0) is 64.3 Å². The van der Waals surface area contributed by atoms with Crippen LogP contribution in [-0.2, 0) is 16.1 Å². The van der Waals surface area contributed by atoms with Gasteiger partial charge in [-0.25, -0.2) is 4.98 Å². The topological polar surface area (TPSA) is 54.9 Å². The first-order valence-corrected chi connectivity index (χ1v) is 12.3. The Balaban J connectivity index is 1.32. The lowest BCUT2D eigenvalue weighted by Gasteiger charge is -2.39. The number of thiazole rings is 1. The summed E-state index contributed by atoms with van der Waals surface area (Å²) in [4.78, 5) is 23.6. The zero-order valence-corrected chi connectivity index (χ0v) is 19.2. The molecule has 2 saturated heterocycles. The highest BCUT2D eigenvalue weighted by atomic mass is 32.1. The minimum atomic E-state index is -0.449. The van der Waals surface area contributed by atoms with Gasteiger partial charge in [-0.15, -0.1) is 11.3 Å². The summed E-state index contributed by atoms with van der Waals surface area (Å²) < 4.78 is 11.4. The number of para-hydroxylation sites is 1.